The molecule has 0 aliphatic heterocycles. The van der Waals surface area contributed by atoms with Crippen molar-refractivity contribution in [3.63, 3.8) is 0 Å². The number of fused-ring (bicyclic) bond motifs is 1. The van der Waals surface area contributed by atoms with Crippen LogP contribution in [-0.2, 0) is 0 Å². The Morgan fingerprint density at radius 1 is 1.24 bits per heavy atom. The van der Waals surface area contributed by atoms with E-state index in [0.29, 0.717) is 10.7 Å². The average Bonchev–Trinajstić information content (AvgIpc) is 2.81. The molecule has 5 heteroatoms. The van der Waals surface area contributed by atoms with E-state index in [1.54, 1.807) is 0 Å². The van der Waals surface area contributed by atoms with E-state index in [9.17, 15) is 0 Å². The third-order valence-electron chi connectivity index (χ3n) is 3.29. The summed E-state index contributed by atoms with van der Waals surface area (Å²) in [5, 5.41) is 12.3. The molecule has 0 amide bonds. The zero-order valence-electron chi connectivity index (χ0n) is 13.6. The molecule has 0 spiro atoms. The summed E-state index contributed by atoms with van der Waals surface area (Å²) >= 11 is 1.98. The van der Waals surface area contributed by atoms with Crippen LogP contribution in [0, 0.1) is 5.92 Å². The van der Waals surface area contributed by atoms with E-state index in [-0.39, 0.29) is 6.04 Å². The summed E-state index contributed by atoms with van der Waals surface area (Å²) < 4.78 is 2.39. The third kappa shape index (κ3) is 4.45. The second kappa shape index (κ2) is 6.79. The Kier molecular flexibility index (Phi) is 5.27. The summed E-state index contributed by atoms with van der Waals surface area (Å²) in [5.74, 6) is 2.57. The Hall–Kier alpha value is -1.07. The van der Waals surface area contributed by atoms with Crippen molar-refractivity contribution in [1.29, 1.82) is 0 Å². The van der Waals surface area contributed by atoms with Gasteiger partial charge in [-0.05, 0) is 18.1 Å². The molecule has 2 rings (SSSR count). The summed E-state index contributed by atoms with van der Waals surface area (Å²) in [6.45, 7) is 12.2. The largest absolute Gasteiger partial charge is 0.306 e. The molecule has 1 unspecified atom stereocenters. The zero-order chi connectivity index (χ0) is 15.5. The summed E-state index contributed by atoms with van der Waals surface area (Å²) in [6.07, 6.45) is 2.03. The molecular weight excluding hydrogens is 280 g/mol. The first-order valence-electron chi connectivity index (χ1n) is 7.55. The van der Waals surface area contributed by atoms with E-state index in [1.165, 1.54) is 0 Å². The molecule has 0 aliphatic carbocycles. The Morgan fingerprint density at radius 2 is 2.00 bits per heavy atom. The van der Waals surface area contributed by atoms with E-state index in [2.05, 4.69) is 54.5 Å². The van der Waals surface area contributed by atoms with Gasteiger partial charge in [0.25, 0.3) is 0 Å². The highest BCUT2D eigenvalue weighted by molar-refractivity contribution is 8.00. The number of hydrogen-bond acceptors (Lipinski definition) is 4. The van der Waals surface area contributed by atoms with Gasteiger partial charge in [0.2, 0.25) is 0 Å². The molecule has 0 saturated heterocycles. The average molecular weight is 306 g/mol. The lowest BCUT2D eigenvalue weighted by molar-refractivity contribution is 0.401. The molecular formula is C16H26N4S. The summed E-state index contributed by atoms with van der Waals surface area (Å²) in [6, 6.07) is 6.23. The number of thioether (sulfide) groups is 1. The number of nitrogens with one attached hydrogen (secondary N) is 1. The first kappa shape index (κ1) is 16.3. The molecule has 0 aliphatic rings. The molecule has 0 fully saturated rings. The molecule has 0 radical (unpaired) electrons. The van der Waals surface area contributed by atoms with Gasteiger partial charge < -0.3 is 5.32 Å². The van der Waals surface area contributed by atoms with E-state index in [4.69, 9.17) is 0 Å². The minimum atomic E-state index is 0.225. The number of hydrogen-bond donors (Lipinski definition) is 1. The van der Waals surface area contributed by atoms with Crippen molar-refractivity contribution in [1.82, 2.24) is 19.9 Å². The predicted molar refractivity (Wildman–Crippen MR) is 90.8 cm³/mol. The molecule has 0 aromatic carbocycles. The minimum absolute atomic E-state index is 0.225. The fourth-order valence-electron chi connectivity index (χ4n) is 2.27. The zero-order valence-corrected chi connectivity index (χ0v) is 14.4. The van der Waals surface area contributed by atoms with Gasteiger partial charge in [-0.25, -0.2) is 0 Å². The van der Waals surface area contributed by atoms with Gasteiger partial charge in [0, 0.05) is 23.2 Å². The lowest BCUT2D eigenvalue weighted by Crippen LogP contribution is -2.30. The van der Waals surface area contributed by atoms with Crippen LogP contribution in [0.15, 0.2) is 24.4 Å². The van der Waals surface area contributed by atoms with E-state index in [0.717, 1.165) is 23.8 Å². The van der Waals surface area contributed by atoms with Gasteiger partial charge in [0.05, 0.1) is 6.04 Å². The summed E-state index contributed by atoms with van der Waals surface area (Å²) in [7, 11) is 0. The standard InChI is InChI=1S/C16H26N4S/c1-12(2)14(17-9-11-21-16(3,4)5)15-19-18-13-8-6-7-10-20(13)15/h6-8,10,12,14,17H,9,11H2,1-5H3. The SMILES string of the molecule is CC(C)C(NCCSC(C)(C)C)c1nnc2ccccn12. The summed E-state index contributed by atoms with van der Waals surface area (Å²) in [4.78, 5) is 0. The molecule has 1 atom stereocenters. The van der Waals surface area contributed by atoms with E-state index in [1.807, 2.05) is 36.2 Å². The van der Waals surface area contributed by atoms with Crippen molar-refractivity contribution in [2.45, 2.75) is 45.4 Å². The number of rotatable bonds is 6. The van der Waals surface area contributed by atoms with Crippen LogP contribution < -0.4 is 5.32 Å². The lowest BCUT2D eigenvalue weighted by Gasteiger charge is -2.22. The maximum atomic E-state index is 4.39. The van der Waals surface area contributed by atoms with Gasteiger partial charge in [-0.1, -0.05) is 40.7 Å². The molecule has 4 nitrogen and oxygen atoms in total. The van der Waals surface area contributed by atoms with Gasteiger partial charge in [0.1, 0.15) is 0 Å². The minimum Gasteiger partial charge on any atom is -0.306 e. The highest BCUT2D eigenvalue weighted by atomic mass is 32.2. The van der Waals surface area contributed by atoms with Crippen LogP contribution in [0.3, 0.4) is 0 Å². The first-order chi connectivity index (χ1) is 9.88. The fraction of sp³-hybridized carbons (Fsp3) is 0.625. The molecule has 2 aromatic rings. The Bertz CT molecular complexity index is 571. The second-order valence-electron chi connectivity index (χ2n) is 6.62. The molecule has 21 heavy (non-hydrogen) atoms. The molecule has 0 saturated carbocycles. The van der Waals surface area contributed by atoms with Crippen molar-refractivity contribution in [3.05, 3.63) is 30.2 Å². The molecule has 2 aromatic heterocycles. The van der Waals surface area contributed by atoms with Crippen molar-refractivity contribution < 1.29 is 0 Å². The number of aromatic nitrogens is 3. The maximum Gasteiger partial charge on any atom is 0.160 e. The maximum absolute atomic E-state index is 4.39. The Labute approximate surface area is 131 Å². The van der Waals surface area contributed by atoms with E-state index >= 15 is 0 Å². The third-order valence-corrected chi connectivity index (χ3v) is 4.56. The molecule has 0 bridgehead atoms. The van der Waals surface area contributed by atoms with Gasteiger partial charge in [0.15, 0.2) is 11.5 Å². The monoisotopic (exact) mass is 306 g/mol. The first-order valence-corrected chi connectivity index (χ1v) is 8.54. The van der Waals surface area contributed by atoms with Crippen LogP contribution in [0.4, 0.5) is 0 Å². The highest BCUT2D eigenvalue weighted by Crippen LogP contribution is 2.24. The van der Waals surface area contributed by atoms with Crippen LogP contribution in [0.1, 0.15) is 46.5 Å². The van der Waals surface area contributed by atoms with Crippen molar-refractivity contribution in [3.8, 4) is 0 Å². The van der Waals surface area contributed by atoms with Crippen LogP contribution in [0.25, 0.3) is 5.65 Å². The molecule has 1 N–H and O–H groups in total. The van der Waals surface area contributed by atoms with Crippen molar-refractivity contribution >= 4 is 17.4 Å². The second-order valence-corrected chi connectivity index (χ2v) is 8.55. The molecule has 116 valence electrons. The van der Waals surface area contributed by atoms with Crippen LogP contribution in [0.5, 0.6) is 0 Å². The summed E-state index contributed by atoms with van der Waals surface area (Å²) in [5.41, 5.74) is 0.906. The lowest BCUT2D eigenvalue weighted by atomic mass is 10.0. The Balaban J connectivity index is 2.06. The normalized spacial score (nSPS) is 14.0. The van der Waals surface area contributed by atoms with Gasteiger partial charge in [-0.2, -0.15) is 11.8 Å². The van der Waals surface area contributed by atoms with E-state index < -0.39 is 0 Å². The number of pyridine rings is 1. The van der Waals surface area contributed by atoms with Gasteiger partial charge >= 0.3 is 0 Å². The van der Waals surface area contributed by atoms with Crippen LogP contribution in [0.2, 0.25) is 0 Å². The molecule has 2 heterocycles. The quantitative estimate of drug-likeness (QED) is 0.829. The highest BCUT2D eigenvalue weighted by Gasteiger charge is 2.21. The van der Waals surface area contributed by atoms with Crippen LogP contribution in [-0.4, -0.2) is 31.6 Å². The predicted octanol–water partition coefficient (Wildman–Crippen LogP) is 3.55. The smallest absolute Gasteiger partial charge is 0.160 e. The van der Waals surface area contributed by atoms with Gasteiger partial charge in [-0.3, -0.25) is 4.40 Å². The van der Waals surface area contributed by atoms with Crippen molar-refractivity contribution in [2.24, 2.45) is 5.92 Å². The fourth-order valence-corrected chi connectivity index (χ4v) is 3.10. The topological polar surface area (TPSA) is 42.2 Å². The van der Waals surface area contributed by atoms with Crippen LogP contribution >= 0.6 is 11.8 Å². The Morgan fingerprint density at radius 3 is 2.67 bits per heavy atom. The van der Waals surface area contributed by atoms with Crippen molar-refractivity contribution in [2.75, 3.05) is 12.3 Å². The number of nitrogens with zero attached hydrogens (tertiary/aromatic N) is 3. The van der Waals surface area contributed by atoms with Gasteiger partial charge in [-0.15, -0.1) is 10.2 Å².